The van der Waals surface area contributed by atoms with Gasteiger partial charge in [-0.15, -0.1) is 0 Å². The molecule has 0 fully saturated rings. The Morgan fingerprint density at radius 1 is 1.18 bits per heavy atom. The van der Waals surface area contributed by atoms with E-state index >= 15 is 0 Å². The highest BCUT2D eigenvalue weighted by molar-refractivity contribution is 5.79. The van der Waals surface area contributed by atoms with Crippen LogP contribution in [0.5, 0.6) is 0 Å². The first-order valence-corrected chi connectivity index (χ1v) is 6.73. The van der Waals surface area contributed by atoms with E-state index in [-0.39, 0.29) is 0 Å². The molecular weight excluding hydrogens is 208 g/mol. The lowest BCUT2D eigenvalue weighted by Gasteiger charge is -2.11. The van der Waals surface area contributed by atoms with Gasteiger partial charge >= 0.3 is 0 Å². The molecule has 0 radical (unpaired) electrons. The van der Waals surface area contributed by atoms with Gasteiger partial charge in [-0.2, -0.15) is 0 Å². The molecule has 0 aromatic heterocycles. The number of hydrogen-bond acceptors (Lipinski definition) is 1. The van der Waals surface area contributed by atoms with Gasteiger partial charge in [0.05, 0.1) is 0 Å². The highest BCUT2D eigenvalue weighted by Crippen LogP contribution is 2.15. The van der Waals surface area contributed by atoms with E-state index in [1.54, 1.807) is 0 Å². The second-order valence-corrected chi connectivity index (χ2v) is 5.41. The topological polar surface area (TPSA) is 17.1 Å². The lowest BCUT2D eigenvalue weighted by Crippen LogP contribution is -2.08. The van der Waals surface area contributed by atoms with E-state index in [9.17, 15) is 4.79 Å². The van der Waals surface area contributed by atoms with Crippen molar-refractivity contribution in [2.24, 2.45) is 11.8 Å². The molecule has 0 N–H and O–H groups in total. The second kappa shape index (κ2) is 9.21. The first-order valence-electron chi connectivity index (χ1n) is 6.73. The van der Waals surface area contributed by atoms with Crippen LogP contribution in [0, 0.1) is 11.8 Å². The van der Waals surface area contributed by atoms with E-state index in [1.807, 2.05) is 13.0 Å². The predicted molar refractivity (Wildman–Crippen MR) is 76.0 cm³/mol. The van der Waals surface area contributed by atoms with Gasteiger partial charge < -0.3 is 0 Å². The van der Waals surface area contributed by atoms with Crippen LogP contribution in [-0.2, 0) is 4.79 Å². The predicted octanol–water partition coefficient (Wildman–Crippen LogP) is 4.93. The van der Waals surface area contributed by atoms with Crippen molar-refractivity contribution in [1.82, 2.24) is 0 Å². The molecule has 1 heteroatoms. The quantitative estimate of drug-likeness (QED) is 0.546. The van der Waals surface area contributed by atoms with Crippen molar-refractivity contribution in [1.29, 1.82) is 0 Å². The first kappa shape index (κ1) is 16.1. The minimum atomic E-state index is 0.387. The molecule has 0 bridgehead atoms. The summed E-state index contributed by atoms with van der Waals surface area (Å²) in [4.78, 5) is 11.8. The Labute approximate surface area is 107 Å². The van der Waals surface area contributed by atoms with Crippen molar-refractivity contribution in [3.63, 3.8) is 0 Å². The fraction of sp³-hybridized carbons (Fsp3) is 0.688. The molecule has 0 amide bonds. The molecule has 17 heavy (non-hydrogen) atoms. The SMILES string of the molecule is CC=CC(C)CC(=O)CC(C)CCC=C(C)C. The van der Waals surface area contributed by atoms with Crippen LogP contribution < -0.4 is 0 Å². The van der Waals surface area contributed by atoms with Gasteiger partial charge in [-0.3, -0.25) is 4.79 Å². The summed E-state index contributed by atoms with van der Waals surface area (Å²) in [5, 5.41) is 0. The van der Waals surface area contributed by atoms with Crippen molar-refractivity contribution in [3.05, 3.63) is 23.8 Å². The summed E-state index contributed by atoms with van der Waals surface area (Å²) in [6.45, 7) is 10.5. The smallest absolute Gasteiger partial charge is 0.133 e. The van der Waals surface area contributed by atoms with Gasteiger partial charge in [0.1, 0.15) is 5.78 Å². The standard InChI is InChI=1S/C16H28O/c1-6-8-14(4)11-16(17)12-15(5)10-7-9-13(2)3/h6,8-9,14-15H,7,10-12H2,1-5H3. The van der Waals surface area contributed by atoms with Gasteiger partial charge in [-0.05, 0) is 45.4 Å². The first-order chi connectivity index (χ1) is 7.95. The molecule has 0 aliphatic rings. The molecule has 0 aromatic rings. The van der Waals surface area contributed by atoms with Crippen LogP contribution in [0.2, 0.25) is 0 Å². The van der Waals surface area contributed by atoms with Crippen LogP contribution in [0.3, 0.4) is 0 Å². The van der Waals surface area contributed by atoms with Gasteiger partial charge in [0.15, 0.2) is 0 Å². The van der Waals surface area contributed by atoms with E-state index in [0.29, 0.717) is 24.0 Å². The van der Waals surface area contributed by atoms with Crippen LogP contribution in [-0.4, -0.2) is 5.78 Å². The normalized spacial score (nSPS) is 14.6. The molecule has 0 heterocycles. The average molecular weight is 236 g/mol. The third-order valence-electron chi connectivity index (χ3n) is 2.86. The van der Waals surface area contributed by atoms with Crippen LogP contribution in [0.15, 0.2) is 23.8 Å². The number of allylic oxidation sites excluding steroid dienone is 4. The molecule has 98 valence electrons. The van der Waals surface area contributed by atoms with E-state index in [1.165, 1.54) is 5.57 Å². The van der Waals surface area contributed by atoms with Crippen LogP contribution in [0.4, 0.5) is 0 Å². The fourth-order valence-electron chi connectivity index (χ4n) is 1.99. The Morgan fingerprint density at radius 3 is 2.35 bits per heavy atom. The van der Waals surface area contributed by atoms with Gasteiger partial charge in [0.2, 0.25) is 0 Å². The van der Waals surface area contributed by atoms with E-state index in [0.717, 1.165) is 19.3 Å². The van der Waals surface area contributed by atoms with E-state index < -0.39 is 0 Å². The maximum atomic E-state index is 11.8. The summed E-state index contributed by atoms with van der Waals surface area (Å²) in [5.41, 5.74) is 1.37. The highest BCUT2D eigenvalue weighted by atomic mass is 16.1. The molecular formula is C16H28O. The number of Topliss-reactive ketones (excluding diaryl/α,β-unsaturated/α-hetero) is 1. The Bertz CT molecular complexity index is 269. The van der Waals surface area contributed by atoms with Crippen molar-refractivity contribution in [2.75, 3.05) is 0 Å². The summed E-state index contributed by atoms with van der Waals surface area (Å²) in [6, 6.07) is 0. The third kappa shape index (κ3) is 10.0. The zero-order valence-electron chi connectivity index (χ0n) is 12.1. The molecule has 0 spiro atoms. The molecule has 2 atom stereocenters. The van der Waals surface area contributed by atoms with Crippen LogP contribution in [0.1, 0.15) is 60.3 Å². The van der Waals surface area contributed by atoms with Crippen LogP contribution in [0.25, 0.3) is 0 Å². The Balaban J connectivity index is 3.84. The zero-order chi connectivity index (χ0) is 13.3. The fourth-order valence-corrected chi connectivity index (χ4v) is 1.99. The molecule has 0 rings (SSSR count). The maximum Gasteiger partial charge on any atom is 0.133 e. The molecule has 2 unspecified atom stereocenters. The summed E-state index contributed by atoms with van der Waals surface area (Å²) >= 11 is 0. The molecule has 0 aromatic carbocycles. The third-order valence-corrected chi connectivity index (χ3v) is 2.86. The Hall–Kier alpha value is -0.850. The lowest BCUT2D eigenvalue weighted by molar-refractivity contribution is -0.120. The number of carbonyl (C=O) groups excluding carboxylic acids is 1. The number of ketones is 1. The van der Waals surface area contributed by atoms with Gasteiger partial charge in [0.25, 0.3) is 0 Å². The van der Waals surface area contributed by atoms with Crippen LogP contribution >= 0.6 is 0 Å². The van der Waals surface area contributed by atoms with Gasteiger partial charge in [0, 0.05) is 12.8 Å². The van der Waals surface area contributed by atoms with E-state index in [2.05, 4.69) is 39.8 Å². The largest absolute Gasteiger partial charge is 0.300 e. The zero-order valence-corrected chi connectivity index (χ0v) is 12.1. The monoisotopic (exact) mass is 236 g/mol. The molecule has 0 aliphatic heterocycles. The van der Waals surface area contributed by atoms with Crippen molar-refractivity contribution in [2.45, 2.75) is 60.3 Å². The number of hydrogen-bond donors (Lipinski definition) is 0. The van der Waals surface area contributed by atoms with Crippen molar-refractivity contribution >= 4 is 5.78 Å². The minimum Gasteiger partial charge on any atom is -0.300 e. The van der Waals surface area contributed by atoms with Gasteiger partial charge in [-0.1, -0.05) is 37.6 Å². The molecule has 1 nitrogen and oxygen atoms in total. The summed E-state index contributed by atoms with van der Waals surface area (Å²) in [5.74, 6) is 1.30. The second-order valence-electron chi connectivity index (χ2n) is 5.41. The van der Waals surface area contributed by atoms with Crippen molar-refractivity contribution < 1.29 is 4.79 Å². The Morgan fingerprint density at radius 2 is 1.82 bits per heavy atom. The maximum absolute atomic E-state index is 11.8. The highest BCUT2D eigenvalue weighted by Gasteiger charge is 2.10. The lowest BCUT2D eigenvalue weighted by atomic mass is 9.94. The van der Waals surface area contributed by atoms with E-state index in [4.69, 9.17) is 0 Å². The minimum absolute atomic E-state index is 0.387. The average Bonchev–Trinajstić information content (AvgIpc) is 2.16. The summed E-state index contributed by atoms with van der Waals surface area (Å²) < 4.78 is 0. The summed E-state index contributed by atoms with van der Waals surface area (Å²) in [6.07, 6.45) is 10.0. The molecule has 0 aliphatic carbocycles. The number of carbonyl (C=O) groups is 1. The molecule has 0 saturated carbocycles. The summed E-state index contributed by atoms with van der Waals surface area (Å²) in [7, 11) is 0. The van der Waals surface area contributed by atoms with Crippen molar-refractivity contribution in [3.8, 4) is 0 Å². The Kier molecular flexibility index (Phi) is 8.75. The molecule has 0 saturated heterocycles. The van der Waals surface area contributed by atoms with Gasteiger partial charge in [-0.25, -0.2) is 0 Å². The number of rotatable bonds is 8.